The van der Waals surface area contributed by atoms with Crippen molar-refractivity contribution < 1.29 is 5.11 Å². The summed E-state index contributed by atoms with van der Waals surface area (Å²) in [5, 5.41) is 14.0. The van der Waals surface area contributed by atoms with Crippen molar-refractivity contribution >= 4 is 44.8 Å². The van der Waals surface area contributed by atoms with Gasteiger partial charge in [-0.2, -0.15) is 0 Å². The molecule has 2 rings (SSSR count). The van der Waals surface area contributed by atoms with Crippen LogP contribution < -0.4 is 5.32 Å². The zero-order valence-corrected chi connectivity index (χ0v) is 13.0. The first-order valence-corrected chi connectivity index (χ1v) is 7.23. The first kappa shape index (κ1) is 14.7. The molecular weight excluding hydrogens is 349 g/mol. The van der Waals surface area contributed by atoms with E-state index in [1.54, 1.807) is 12.1 Å². The van der Waals surface area contributed by atoms with Crippen molar-refractivity contribution in [2.45, 2.75) is 6.04 Å². The zero-order valence-electron chi connectivity index (χ0n) is 9.91. The van der Waals surface area contributed by atoms with Crippen molar-refractivity contribution in [3.05, 3.63) is 62.5 Å². The van der Waals surface area contributed by atoms with Crippen molar-refractivity contribution in [2.75, 3.05) is 11.9 Å². The van der Waals surface area contributed by atoms with Crippen LogP contribution in [0.15, 0.2) is 46.9 Å². The summed E-state index contributed by atoms with van der Waals surface area (Å²) in [7, 11) is 0. The third-order valence-electron chi connectivity index (χ3n) is 2.72. The molecule has 2 N–H and O–H groups in total. The van der Waals surface area contributed by atoms with Gasteiger partial charge in [-0.05, 0) is 35.9 Å². The van der Waals surface area contributed by atoms with Gasteiger partial charge in [-0.1, -0.05) is 51.3 Å². The van der Waals surface area contributed by atoms with Crippen molar-refractivity contribution in [3.63, 3.8) is 0 Å². The Labute approximate surface area is 130 Å². The highest BCUT2D eigenvalue weighted by molar-refractivity contribution is 9.10. The second kappa shape index (κ2) is 6.62. The minimum absolute atomic E-state index is 0.0819. The van der Waals surface area contributed by atoms with Crippen LogP contribution in [-0.2, 0) is 0 Å². The van der Waals surface area contributed by atoms with E-state index in [0.29, 0.717) is 10.0 Å². The fraction of sp³-hybridized carbons (Fsp3) is 0.143. The average molecular weight is 361 g/mol. The van der Waals surface area contributed by atoms with Crippen molar-refractivity contribution in [1.29, 1.82) is 0 Å². The Morgan fingerprint density at radius 3 is 2.53 bits per heavy atom. The molecular formula is C14H12BrCl2NO. The van der Waals surface area contributed by atoms with E-state index in [-0.39, 0.29) is 12.6 Å². The van der Waals surface area contributed by atoms with E-state index >= 15 is 0 Å². The molecule has 1 atom stereocenters. The van der Waals surface area contributed by atoms with Crippen molar-refractivity contribution in [3.8, 4) is 0 Å². The van der Waals surface area contributed by atoms with E-state index in [0.717, 1.165) is 15.7 Å². The molecule has 0 fully saturated rings. The molecule has 0 aliphatic carbocycles. The molecule has 0 heterocycles. The summed E-state index contributed by atoms with van der Waals surface area (Å²) in [5.41, 5.74) is 1.58. The van der Waals surface area contributed by atoms with Gasteiger partial charge in [0.2, 0.25) is 0 Å². The van der Waals surface area contributed by atoms with E-state index < -0.39 is 0 Å². The summed E-state index contributed by atoms with van der Waals surface area (Å²) in [6.07, 6.45) is 0. The minimum atomic E-state index is -0.315. The van der Waals surface area contributed by atoms with Gasteiger partial charge in [0.25, 0.3) is 0 Å². The monoisotopic (exact) mass is 359 g/mol. The molecule has 5 heteroatoms. The highest BCUT2D eigenvalue weighted by Crippen LogP contribution is 2.31. The number of halogens is 3. The molecule has 2 aromatic rings. The number of anilines is 1. The highest BCUT2D eigenvalue weighted by Gasteiger charge is 2.15. The Kier molecular flexibility index (Phi) is 5.11. The molecule has 0 amide bonds. The summed E-state index contributed by atoms with van der Waals surface area (Å²) in [6, 6.07) is 12.6. The fourth-order valence-corrected chi connectivity index (χ4v) is 2.59. The first-order valence-electron chi connectivity index (χ1n) is 5.68. The molecule has 0 spiro atoms. The average Bonchev–Trinajstić information content (AvgIpc) is 2.41. The number of para-hydroxylation sites is 1. The van der Waals surface area contributed by atoms with Crippen molar-refractivity contribution in [1.82, 2.24) is 0 Å². The molecule has 19 heavy (non-hydrogen) atoms. The molecule has 0 aliphatic rings. The van der Waals surface area contributed by atoms with Gasteiger partial charge in [-0.15, -0.1) is 0 Å². The molecule has 0 radical (unpaired) electrons. The smallest absolute Gasteiger partial charge is 0.0760 e. The third kappa shape index (κ3) is 3.63. The fourth-order valence-electron chi connectivity index (χ4n) is 1.77. The second-order valence-electron chi connectivity index (χ2n) is 4.03. The Morgan fingerprint density at radius 1 is 1.11 bits per heavy atom. The SMILES string of the molecule is OCC(Nc1ccccc1Cl)c1cc(Br)ccc1Cl. The summed E-state index contributed by atoms with van der Waals surface area (Å²) < 4.78 is 0.909. The predicted molar refractivity (Wildman–Crippen MR) is 84.1 cm³/mol. The van der Waals surface area contributed by atoms with E-state index in [4.69, 9.17) is 23.2 Å². The molecule has 2 nitrogen and oxygen atoms in total. The number of aliphatic hydroxyl groups is 1. The van der Waals surface area contributed by atoms with Crippen molar-refractivity contribution in [2.24, 2.45) is 0 Å². The summed E-state index contributed by atoms with van der Waals surface area (Å²) in [6.45, 7) is -0.0819. The van der Waals surface area contributed by atoms with Crippen LogP contribution in [0, 0.1) is 0 Å². The predicted octanol–water partition coefficient (Wildman–Crippen LogP) is 4.90. The normalized spacial score (nSPS) is 12.2. The quantitative estimate of drug-likeness (QED) is 0.812. The van der Waals surface area contributed by atoms with Gasteiger partial charge in [0.1, 0.15) is 0 Å². The number of rotatable bonds is 4. The molecule has 0 saturated heterocycles. The van der Waals surface area contributed by atoms with Crippen LogP contribution in [0.3, 0.4) is 0 Å². The Morgan fingerprint density at radius 2 is 1.84 bits per heavy atom. The molecule has 100 valence electrons. The minimum Gasteiger partial charge on any atom is -0.394 e. The maximum Gasteiger partial charge on any atom is 0.0760 e. The van der Waals surface area contributed by atoms with Crippen LogP contribution in [0.1, 0.15) is 11.6 Å². The number of aliphatic hydroxyl groups excluding tert-OH is 1. The van der Waals surface area contributed by atoms with Crippen LogP contribution >= 0.6 is 39.1 Å². The number of benzene rings is 2. The molecule has 2 aromatic carbocycles. The largest absolute Gasteiger partial charge is 0.394 e. The highest BCUT2D eigenvalue weighted by atomic mass is 79.9. The number of hydrogen-bond acceptors (Lipinski definition) is 2. The van der Waals surface area contributed by atoms with Gasteiger partial charge >= 0.3 is 0 Å². The van der Waals surface area contributed by atoms with E-state index in [2.05, 4.69) is 21.2 Å². The molecule has 0 saturated carbocycles. The maximum atomic E-state index is 9.57. The summed E-state index contributed by atoms with van der Waals surface area (Å²) >= 11 is 15.7. The Hall–Kier alpha value is -0.740. The molecule has 0 aromatic heterocycles. The van der Waals surface area contributed by atoms with Crippen LogP contribution in [0.5, 0.6) is 0 Å². The van der Waals surface area contributed by atoms with Gasteiger partial charge in [0.05, 0.1) is 23.4 Å². The van der Waals surface area contributed by atoms with E-state index in [1.165, 1.54) is 0 Å². The standard InChI is InChI=1S/C14H12BrCl2NO/c15-9-5-6-11(16)10(7-9)14(8-19)18-13-4-2-1-3-12(13)17/h1-7,14,18-19H,8H2. The molecule has 0 bridgehead atoms. The van der Waals surface area contributed by atoms with Crippen LogP contribution in [0.4, 0.5) is 5.69 Å². The maximum absolute atomic E-state index is 9.57. The lowest BCUT2D eigenvalue weighted by molar-refractivity contribution is 0.276. The second-order valence-corrected chi connectivity index (χ2v) is 5.76. The third-order valence-corrected chi connectivity index (χ3v) is 3.89. The van der Waals surface area contributed by atoms with Gasteiger partial charge in [-0.25, -0.2) is 0 Å². The van der Waals surface area contributed by atoms with Gasteiger partial charge in [-0.3, -0.25) is 0 Å². The lowest BCUT2D eigenvalue weighted by Crippen LogP contribution is -2.15. The lowest BCUT2D eigenvalue weighted by Gasteiger charge is -2.20. The number of hydrogen-bond donors (Lipinski definition) is 2. The topological polar surface area (TPSA) is 32.3 Å². The van der Waals surface area contributed by atoms with Crippen LogP contribution in [-0.4, -0.2) is 11.7 Å². The summed E-state index contributed by atoms with van der Waals surface area (Å²) in [5.74, 6) is 0. The summed E-state index contributed by atoms with van der Waals surface area (Å²) in [4.78, 5) is 0. The number of nitrogens with one attached hydrogen (secondary N) is 1. The molecule has 0 aliphatic heterocycles. The lowest BCUT2D eigenvalue weighted by atomic mass is 10.1. The zero-order chi connectivity index (χ0) is 13.8. The molecule has 1 unspecified atom stereocenters. The van der Waals surface area contributed by atoms with Gasteiger partial charge < -0.3 is 10.4 Å². The van der Waals surface area contributed by atoms with Gasteiger partial charge in [0, 0.05) is 9.50 Å². The Balaban J connectivity index is 2.30. The van der Waals surface area contributed by atoms with Crippen LogP contribution in [0.2, 0.25) is 10.0 Å². The van der Waals surface area contributed by atoms with E-state index in [1.807, 2.05) is 30.3 Å². The van der Waals surface area contributed by atoms with Crippen LogP contribution in [0.25, 0.3) is 0 Å². The first-order chi connectivity index (χ1) is 9.11. The van der Waals surface area contributed by atoms with Gasteiger partial charge in [0.15, 0.2) is 0 Å². The van der Waals surface area contributed by atoms with E-state index in [9.17, 15) is 5.11 Å². The Bertz CT molecular complexity index is 577.